The van der Waals surface area contributed by atoms with Crippen LogP contribution in [0.4, 0.5) is 5.82 Å². The van der Waals surface area contributed by atoms with Gasteiger partial charge < -0.3 is 14.8 Å². The Morgan fingerprint density at radius 2 is 2.56 bits per heavy atom. The molecule has 1 aromatic rings. The summed E-state index contributed by atoms with van der Waals surface area (Å²) in [6.45, 7) is 3.33. The van der Waals surface area contributed by atoms with Gasteiger partial charge in [0.2, 0.25) is 5.28 Å². The van der Waals surface area contributed by atoms with E-state index < -0.39 is 5.97 Å². The lowest BCUT2D eigenvalue weighted by atomic mass is 10.2. The summed E-state index contributed by atoms with van der Waals surface area (Å²) >= 11 is 5.74. The predicted octanol–water partition coefficient (Wildman–Crippen LogP) is 1.51. The Bertz CT molecular complexity index is 436. The molecule has 2 heterocycles. The molecular weight excluding hydrogens is 258 g/mol. The molecular formula is C11H14ClN3O3. The summed E-state index contributed by atoms with van der Waals surface area (Å²) in [5.41, 5.74) is 0.285. The van der Waals surface area contributed by atoms with E-state index in [0.29, 0.717) is 25.6 Å². The number of ether oxygens (including phenoxy) is 2. The molecule has 1 fully saturated rings. The number of carbonyl (C=O) groups is 1. The molecule has 0 unspecified atom stereocenters. The van der Waals surface area contributed by atoms with Gasteiger partial charge in [-0.05, 0) is 24.9 Å². The number of anilines is 1. The molecule has 1 N–H and O–H groups in total. The predicted molar refractivity (Wildman–Crippen MR) is 65.8 cm³/mol. The van der Waals surface area contributed by atoms with Crippen LogP contribution in [0, 0.1) is 0 Å². The molecule has 1 aliphatic heterocycles. The van der Waals surface area contributed by atoms with Gasteiger partial charge in [-0.2, -0.15) is 4.98 Å². The molecule has 18 heavy (non-hydrogen) atoms. The second kappa shape index (κ2) is 5.97. The van der Waals surface area contributed by atoms with Gasteiger partial charge in [0.15, 0.2) is 0 Å². The van der Waals surface area contributed by atoms with Gasteiger partial charge in [0, 0.05) is 12.8 Å². The van der Waals surface area contributed by atoms with Crippen molar-refractivity contribution in [2.24, 2.45) is 0 Å². The summed E-state index contributed by atoms with van der Waals surface area (Å²) in [5, 5.41) is 3.22. The first-order chi connectivity index (χ1) is 8.70. The minimum atomic E-state index is -0.462. The molecule has 7 heteroatoms. The van der Waals surface area contributed by atoms with E-state index in [0.717, 1.165) is 6.42 Å². The Morgan fingerprint density at radius 3 is 3.22 bits per heavy atom. The number of rotatable bonds is 4. The standard InChI is InChI=1S/C11H14ClN3O3/c1-2-18-10(16)8-5-13-11(12)15-9(8)14-7-3-4-17-6-7/h5,7H,2-4,6H2,1H3,(H,13,14,15)/t7-/m0/s1. The molecule has 6 nitrogen and oxygen atoms in total. The smallest absolute Gasteiger partial charge is 0.343 e. The zero-order chi connectivity index (χ0) is 13.0. The number of aromatic nitrogens is 2. The second-order valence-electron chi connectivity index (χ2n) is 3.83. The number of hydrogen-bond acceptors (Lipinski definition) is 6. The van der Waals surface area contributed by atoms with E-state index in [2.05, 4.69) is 15.3 Å². The van der Waals surface area contributed by atoms with E-state index in [1.807, 2.05) is 0 Å². The van der Waals surface area contributed by atoms with Crippen molar-refractivity contribution >= 4 is 23.4 Å². The highest BCUT2D eigenvalue weighted by molar-refractivity contribution is 6.28. The Labute approximate surface area is 110 Å². The lowest BCUT2D eigenvalue weighted by Crippen LogP contribution is -2.22. The largest absolute Gasteiger partial charge is 0.462 e. The third-order valence-electron chi connectivity index (χ3n) is 2.53. The fourth-order valence-corrected chi connectivity index (χ4v) is 1.80. The molecule has 1 atom stereocenters. The molecule has 1 aliphatic rings. The number of nitrogens with one attached hydrogen (secondary N) is 1. The molecule has 0 saturated carbocycles. The Morgan fingerprint density at radius 1 is 1.72 bits per heavy atom. The number of halogens is 1. The third kappa shape index (κ3) is 3.08. The lowest BCUT2D eigenvalue weighted by molar-refractivity contribution is 0.0526. The number of nitrogens with zero attached hydrogens (tertiary/aromatic N) is 2. The minimum Gasteiger partial charge on any atom is -0.462 e. The number of esters is 1. The van der Waals surface area contributed by atoms with E-state index in [1.54, 1.807) is 6.92 Å². The summed E-state index contributed by atoms with van der Waals surface area (Å²) in [6, 6.07) is 0.129. The molecule has 1 aromatic heterocycles. The van der Waals surface area contributed by atoms with E-state index in [9.17, 15) is 4.79 Å². The molecule has 0 spiro atoms. The fraction of sp³-hybridized carbons (Fsp3) is 0.545. The first-order valence-corrected chi connectivity index (χ1v) is 6.12. The van der Waals surface area contributed by atoms with Crippen LogP contribution in [0.1, 0.15) is 23.7 Å². The SMILES string of the molecule is CCOC(=O)c1cnc(Cl)nc1N[C@H]1CCOC1. The van der Waals surface area contributed by atoms with Gasteiger partial charge in [-0.3, -0.25) is 0 Å². The monoisotopic (exact) mass is 271 g/mol. The summed E-state index contributed by atoms with van der Waals surface area (Å²) in [5.74, 6) is -0.0699. The van der Waals surface area contributed by atoms with E-state index in [1.165, 1.54) is 6.20 Å². The quantitative estimate of drug-likeness (QED) is 0.661. The average Bonchev–Trinajstić information content (AvgIpc) is 2.82. The Balaban J connectivity index is 2.19. The van der Waals surface area contributed by atoms with Crippen LogP contribution < -0.4 is 5.32 Å². The van der Waals surface area contributed by atoms with Crippen molar-refractivity contribution in [3.63, 3.8) is 0 Å². The normalized spacial score (nSPS) is 18.7. The van der Waals surface area contributed by atoms with E-state index in [4.69, 9.17) is 21.1 Å². The van der Waals surface area contributed by atoms with Crippen LogP contribution in [0.15, 0.2) is 6.20 Å². The van der Waals surface area contributed by atoms with Gasteiger partial charge in [-0.1, -0.05) is 0 Å². The van der Waals surface area contributed by atoms with Crippen LogP contribution in [0.3, 0.4) is 0 Å². The zero-order valence-electron chi connectivity index (χ0n) is 9.98. The van der Waals surface area contributed by atoms with Crippen molar-refractivity contribution in [3.05, 3.63) is 17.0 Å². The highest BCUT2D eigenvalue weighted by Gasteiger charge is 2.21. The Kier molecular flexibility index (Phi) is 4.33. The van der Waals surface area contributed by atoms with Gasteiger partial charge >= 0.3 is 5.97 Å². The molecule has 1 saturated heterocycles. The van der Waals surface area contributed by atoms with Crippen LogP contribution in [0.5, 0.6) is 0 Å². The van der Waals surface area contributed by atoms with Crippen LogP contribution in [-0.2, 0) is 9.47 Å². The number of hydrogen-bond donors (Lipinski definition) is 1. The molecule has 0 radical (unpaired) electrons. The van der Waals surface area contributed by atoms with Gasteiger partial charge in [-0.15, -0.1) is 0 Å². The van der Waals surface area contributed by atoms with Crippen molar-refractivity contribution in [2.45, 2.75) is 19.4 Å². The molecule has 0 aromatic carbocycles. The highest BCUT2D eigenvalue weighted by atomic mass is 35.5. The van der Waals surface area contributed by atoms with Crippen LogP contribution in [0.25, 0.3) is 0 Å². The third-order valence-corrected chi connectivity index (χ3v) is 2.71. The van der Waals surface area contributed by atoms with Crippen molar-refractivity contribution in [2.75, 3.05) is 25.1 Å². The van der Waals surface area contributed by atoms with E-state index >= 15 is 0 Å². The van der Waals surface area contributed by atoms with Gasteiger partial charge in [0.25, 0.3) is 0 Å². The van der Waals surface area contributed by atoms with Crippen LogP contribution in [-0.4, -0.2) is 41.8 Å². The second-order valence-corrected chi connectivity index (χ2v) is 4.16. The average molecular weight is 272 g/mol. The molecule has 0 aliphatic carbocycles. The van der Waals surface area contributed by atoms with Crippen molar-refractivity contribution < 1.29 is 14.3 Å². The maximum Gasteiger partial charge on any atom is 0.343 e. The molecule has 0 amide bonds. The molecule has 0 bridgehead atoms. The van der Waals surface area contributed by atoms with Crippen molar-refractivity contribution in [3.8, 4) is 0 Å². The minimum absolute atomic E-state index is 0.0875. The van der Waals surface area contributed by atoms with Crippen molar-refractivity contribution in [1.82, 2.24) is 9.97 Å². The van der Waals surface area contributed by atoms with Gasteiger partial charge in [-0.25, -0.2) is 9.78 Å². The van der Waals surface area contributed by atoms with E-state index in [-0.39, 0.29) is 16.9 Å². The summed E-state index contributed by atoms with van der Waals surface area (Å²) in [6.07, 6.45) is 2.23. The van der Waals surface area contributed by atoms with Crippen LogP contribution >= 0.6 is 11.6 Å². The van der Waals surface area contributed by atoms with Gasteiger partial charge in [0.1, 0.15) is 11.4 Å². The highest BCUT2D eigenvalue weighted by Crippen LogP contribution is 2.18. The first-order valence-electron chi connectivity index (χ1n) is 5.74. The van der Waals surface area contributed by atoms with Crippen LogP contribution in [0.2, 0.25) is 5.28 Å². The fourth-order valence-electron chi connectivity index (χ4n) is 1.67. The summed E-state index contributed by atoms with van der Waals surface area (Å²) in [7, 11) is 0. The van der Waals surface area contributed by atoms with Gasteiger partial charge in [0.05, 0.1) is 19.3 Å². The van der Waals surface area contributed by atoms with Crippen molar-refractivity contribution in [1.29, 1.82) is 0 Å². The Hall–Kier alpha value is -1.40. The maximum atomic E-state index is 11.7. The zero-order valence-corrected chi connectivity index (χ0v) is 10.7. The first kappa shape index (κ1) is 13.0. The summed E-state index contributed by atoms with van der Waals surface area (Å²) < 4.78 is 10.2. The lowest BCUT2D eigenvalue weighted by Gasteiger charge is -2.14. The molecule has 2 rings (SSSR count). The summed E-state index contributed by atoms with van der Waals surface area (Å²) in [4.78, 5) is 19.6. The topological polar surface area (TPSA) is 73.3 Å². The molecule has 98 valence electrons. The number of carbonyl (C=O) groups excluding carboxylic acids is 1. The maximum absolute atomic E-state index is 11.7.